The molecule has 4 rings (SSSR count). The molecule has 0 aliphatic heterocycles. The van der Waals surface area contributed by atoms with Crippen LogP contribution in [-0.2, 0) is 11.8 Å². The summed E-state index contributed by atoms with van der Waals surface area (Å²) in [5.41, 5.74) is 1.31. The van der Waals surface area contributed by atoms with Gasteiger partial charge in [-0.1, -0.05) is 30.9 Å². The average Bonchev–Trinajstić information content (AvgIpc) is 3.27. The quantitative estimate of drug-likeness (QED) is 0.393. The van der Waals surface area contributed by atoms with Gasteiger partial charge in [-0.3, -0.25) is 14.3 Å². The lowest BCUT2D eigenvalue weighted by atomic mass is 9.83. The van der Waals surface area contributed by atoms with Gasteiger partial charge in [0.25, 0.3) is 5.91 Å². The second-order valence-electron chi connectivity index (χ2n) is 8.82. The first-order valence-corrected chi connectivity index (χ1v) is 11.9. The molecule has 0 saturated heterocycles. The van der Waals surface area contributed by atoms with Gasteiger partial charge in [-0.25, -0.2) is 4.39 Å². The minimum atomic E-state index is -0.773. The highest BCUT2D eigenvalue weighted by Crippen LogP contribution is 2.33. The molecule has 0 spiro atoms. The zero-order valence-electron chi connectivity index (χ0n) is 19.6. The third-order valence-electron chi connectivity index (χ3n) is 6.54. The minimum Gasteiger partial charge on any atom is -0.618 e. The lowest BCUT2D eigenvalue weighted by molar-refractivity contribution is -0.611. The summed E-state index contributed by atoms with van der Waals surface area (Å²) in [7, 11) is 1.66. The van der Waals surface area contributed by atoms with Crippen LogP contribution in [0.4, 0.5) is 10.1 Å². The van der Waals surface area contributed by atoms with Crippen molar-refractivity contribution >= 4 is 29.1 Å². The third-order valence-corrected chi connectivity index (χ3v) is 6.85. The van der Waals surface area contributed by atoms with Crippen molar-refractivity contribution < 1.29 is 18.7 Å². The van der Waals surface area contributed by atoms with E-state index in [1.807, 2.05) is 0 Å². The van der Waals surface area contributed by atoms with Crippen LogP contribution in [0.25, 0.3) is 11.1 Å². The van der Waals surface area contributed by atoms with Crippen molar-refractivity contribution in [3.05, 3.63) is 70.2 Å². The number of aromatic nitrogens is 3. The van der Waals surface area contributed by atoms with E-state index in [1.165, 1.54) is 35.3 Å². The number of halogens is 2. The number of amides is 2. The number of nitrogens with one attached hydrogen (secondary N) is 2. The van der Waals surface area contributed by atoms with E-state index in [0.717, 1.165) is 32.1 Å². The molecule has 8 nitrogen and oxygen atoms in total. The summed E-state index contributed by atoms with van der Waals surface area (Å²) in [5.74, 6) is -1.46. The van der Waals surface area contributed by atoms with Crippen molar-refractivity contribution in [2.45, 2.75) is 45.1 Å². The van der Waals surface area contributed by atoms with Crippen LogP contribution in [-0.4, -0.2) is 27.6 Å². The summed E-state index contributed by atoms with van der Waals surface area (Å²) >= 11 is 6.23. The highest BCUT2D eigenvalue weighted by molar-refractivity contribution is 6.33. The summed E-state index contributed by atoms with van der Waals surface area (Å²) in [5, 5.41) is 21.8. The van der Waals surface area contributed by atoms with Gasteiger partial charge in [-0.2, -0.15) is 9.83 Å². The maximum absolute atomic E-state index is 15.1. The van der Waals surface area contributed by atoms with Crippen molar-refractivity contribution in [3.8, 4) is 11.1 Å². The van der Waals surface area contributed by atoms with E-state index in [2.05, 4.69) is 15.7 Å². The van der Waals surface area contributed by atoms with Crippen LogP contribution in [0.15, 0.2) is 42.7 Å². The van der Waals surface area contributed by atoms with E-state index in [4.69, 9.17) is 11.6 Å². The fourth-order valence-corrected chi connectivity index (χ4v) is 4.92. The van der Waals surface area contributed by atoms with Gasteiger partial charge in [0, 0.05) is 37.5 Å². The SMILES string of the molecule is Cc1c(-c2ccc(NC(=O)C(NC(=O)c3ccnn3C)C3CCCCC3)cc2F)c(Cl)cc[n+]1[O-]. The fraction of sp³-hybridized carbons (Fsp3) is 0.360. The first-order chi connectivity index (χ1) is 16.8. The van der Waals surface area contributed by atoms with E-state index in [0.29, 0.717) is 16.0 Å². The Kier molecular flexibility index (Phi) is 7.35. The monoisotopic (exact) mass is 499 g/mol. The van der Waals surface area contributed by atoms with E-state index < -0.39 is 23.7 Å². The molecular formula is C25H27ClFN5O3. The molecule has 10 heteroatoms. The van der Waals surface area contributed by atoms with Gasteiger partial charge in [0.15, 0.2) is 11.9 Å². The Morgan fingerprint density at radius 3 is 2.63 bits per heavy atom. The Labute approximate surface area is 207 Å². The Bertz CT molecular complexity index is 1260. The number of aryl methyl sites for hydroxylation is 1. The second kappa shape index (κ2) is 10.4. The smallest absolute Gasteiger partial charge is 0.270 e. The van der Waals surface area contributed by atoms with Crippen LogP contribution in [0.3, 0.4) is 0 Å². The molecule has 0 bridgehead atoms. The van der Waals surface area contributed by atoms with Crippen molar-refractivity contribution in [2.24, 2.45) is 13.0 Å². The maximum Gasteiger partial charge on any atom is 0.270 e. The van der Waals surface area contributed by atoms with Crippen molar-refractivity contribution in [1.82, 2.24) is 15.1 Å². The molecule has 2 aromatic heterocycles. The van der Waals surface area contributed by atoms with Crippen molar-refractivity contribution in [3.63, 3.8) is 0 Å². The number of pyridine rings is 1. The molecule has 1 unspecified atom stereocenters. The topological polar surface area (TPSA) is 103 Å². The van der Waals surface area contributed by atoms with Gasteiger partial charge in [-0.05, 0) is 43.0 Å². The zero-order chi connectivity index (χ0) is 25.1. The van der Waals surface area contributed by atoms with Gasteiger partial charge < -0.3 is 15.8 Å². The summed E-state index contributed by atoms with van der Waals surface area (Å²) < 4.78 is 17.1. The highest BCUT2D eigenvalue weighted by atomic mass is 35.5. The van der Waals surface area contributed by atoms with E-state index in [9.17, 15) is 14.8 Å². The van der Waals surface area contributed by atoms with E-state index >= 15 is 4.39 Å². The Balaban J connectivity index is 1.57. The van der Waals surface area contributed by atoms with Crippen LogP contribution in [0.1, 0.15) is 48.3 Å². The standard InChI is InChI=1S/C25H27ClFN5O3/c1-15-22(19(26)11-13-32(15)35)18-9-8-17(14-20(18)27)29-25(34)23(16-6-4-3-5-7-16)30-24(33)21-10-12-28-31(21)2/h8-14,16,23H,3-7H2,1-2H3,(H,29,34)(H,30,33). The van der Waals surface area contributed by atoms with Crippen molar-refractivity contribution in [2.75, 3.05) is 5.32 Å². The second-order valence-corrected chi connectivity index (χ2v) is 9.23. The summed E-state index contributed by atoms with van der Waals surface area (Å²) in [6, 6.07) is 6.43. The lowest BCUT2D eigenvalue weighted by Crippen LogP contribution is -2.49. The highest BCUT2D eigenvalue weighted by Gasteiger charge is 2.32. The summed E-state index contributed by atoms with van der Waals surface area (Å²) in [4.78, 5) is 26.1. The van der Waals surface area contributed by atoms with Crippen LogP contribution in [0.2, 0.25) is 5.02 Å². The Morgan fingerprint density at radius 1 is 1.23 bits per heavy atom. The van der Waals surface area contributed by atoms with E-state index in [-0.39, 0.29) is 27.9 Å². The minimum absolute atomic E-state index is 0.0247. The molecule has 1 aliphatic rings. The Morgan fingerprint density at radius 2 is 1.97 bits per heavy atom. The molecule has 1 saturated carbocycles. The zero-order valence-corrected chi connectivity index (χ0v) is 20.3. The van der Waals surface area contributed by atoms with Gasteiger partial charge in [0.05, 0.1) is 10.6 Å². The molecule has 2 N–H and O–H groups in total. The molecule has 1 atom stereocenters. The van der Waals surface area contributed by atoms with Crippen LogP contribution < -0.4 is 15.4 Å². The van der Waals surface area contributed by atoms with Gasteiger partial charge in [0.1, 0.15) is 17.6 Å². The first kappa shape index (κ1) is 24.7. The van der Waals surface area contributed by atoms with E-state index in [1.54, 1.807) is 26.1 Å². The number of hydrogen-bond acceptors (Lipinski definition) is 4. The van der Waals surface area contributed by atoms with Gasteiger partial charge in [-0.15, -0.1) is 0 Å². The van der Waals surface area contributed by atoms with Crippen LogP contribution in [0, 0.1) is 23.9 Å². The number of anilines is 1. The molecule has 184 valence electrons. The average molecular weight is 500 g/mol. The first-order valence-electron chi connectivity index (χ1n) is 11.5. The number of benzene rings is 1. The maximum atomic E-state index is 15.1. The molecular weight excluding hydrogens is 473 g/mol. The van der Waals surface area contributed by atoms with Crippen LogP contribution in [0.5, 0.6) is 0 Å². The fourth-order valence-electron chi connectivity index (χ4n) is 4.63. The van der Waals surface area contributed by atoms with Crippen molar-refractivity contribution in [1.29, 1.82) is 0 Å². The molecule has 0 radical (unpaired) electrons. The number of hydrogen-bond donors (Lipinski definition) is 2. The summed E-state index contributed by atoms with van der Waals surface area (Å²) in [6.45, 7) is 1.56. The van der Waals surface area contributed by atoms with Crippen LogP contribution >= 0.6 is 11.6 Å². The summed E-state index contributed by atoms with van der Waals surface area (Å²) in [6.07, 6.45) is 7.48. The molecule has 2 amide bonds. The number of carbonyl (C=O) groups is 2. The third kappa shape index (κ3) is 5.30. The normalized spacial score (nSPS) is 15.0. The molecule has 1 aliphatic carbocycles. The predicted molar refractivity (Wildman–Crippen MR) is 130 cm³/mol. The molecule has 2 heterocycles. The number of nitrogens with zero attached hydrogens (tertiary/aromatic N) is 3. The molecule has 1 fully saturated rings. The molecule has 35 heavy (non-hydrogen) atoms. The Hall–Kier alpha value is -3.46. The molecule has 1 aromatic carbocycles. The van der Waals surface area contributed by atoms with Gasteiger partial charge >= 0.3 is 0 Å². The number of rotatable bonds is 6. The largest absolute Gasteiger partial charge is 0.618 e. The lowest BCUT2D eigenvalue weighted by Gasteiger charge is -2.30. The molecule has 3 aromatic rings. The predicted octanol–water partition coefficient (Wildman–Crippen LogP) is 4.14. The number of carbonyl (C=O) groups excluding carboxylic acids is 2. The van der Waals surface area contributed by atoms with Gasteiger partial charge in [0.2, 0.25) is 5.91 Å².